The van der Waals surface area contributed by atoms with Crippen molar-refractivity contribution in [3.8, 4) is 16.9 Å². The third-order valence-electron chi connectivity index (χ3n) is 11.0. The zero-order chi connectivity index (χ0) is 38.3. The van der Waals surface area contributed by atoms with Gasteiger partial charge in [-0.15, -0.1) is 0 Å². The van der Waals surface area contributed by atoms with Gasteiger partial charge < -0.3 is 30.2 Å². The van der Waals surface area contributed by atoms with Crippen molar-refractivity contribution in [2.75, 3.05) is 45.1 Å². The van der Waals surface area contributed by atoms with Gasteiger partial charge in [-0.1, -0.05) is 78.9 Å². The number of anilines is 1. The molecule has 1 aromatic heterocycles. The molecule has 2 amide bonds. The Kier molecular flexibility index (Phi) is 11.9. The largest absolute Gasteiger partial charge is 0.506 e. The average molecular weight is 744 g/mol. The smallest absolute Gasteiger partial charge is 0.411 e. The molecule has 2 fully saturated rings. The number of phenolic OH excluding ortho intramolecular Hbond substituents is 1. The first-order chi connectivity index (χ1) is 26.7. The first-order valence-electron chi connectivity index (χ1n) is 19.1. The van der Waals surface area contributed by atoms with E-state index in [4.69, 9.17) is 4.74 Å². The quantitative estimate of drug-likeness (QED) is 0.0862. The van der Waals surface area contributed by atoms with Crippen molar-refractivity contribution in [1.29, 1.82) is 0 Å². The fourth-order valence-corrected chi connectivity index (χ4v) is 8.17. The van der Waals surface area contributed by atoms with Gasteiger partial charge in [0.25, 0.3) is 0 Å². The number of aromatic nitrogens is 1. The maximum absolute atomic E-state index is 13.0. The lowest BCUT2D eigenvalue weighted by atomic mass is 10.0. The number of aryl methyl sites for hydroxylation is 1. The Labute approximate surface area is 321 Å². The number of H-pyrrole nitrogens is 1. The monoisotopic (exact) mass is 743 g/mol. The number of hydrogen-bond donors (Lipinski definition) is 5. The van der Waals surface area contributed by atoms with Crippen LogP contribution < -0.4 is 16.2 Å². The second-order valence-electron chi connectivity index (χ2n) is 14.9. The van der Waals surface area contributed by atoms with Crippen molar-refractivity contribution in [2.24, 2.45) is 11.8 Å². The second kappa shape index (κ2) is 17.3. The molecule has 2 heterocycles. The van der Waals surface area contributed by atoms with Crippen molar-refractivity contribution in [2.45, 2.75) is 44.4 Å². The number of carbonyl (C=O) groups is 2. The van der Waals surface area contributed by atoms with Crippen LogP contribution in [0.5, 0.6) is 5.75 Å². The van der Waals surface area contributed by atoms with E-state index in [2.05, 4.69) is 44.8 Å². The number of amides is 2. The Morgan fingerprint density at radius 3 is 2.47 bits per heavy atom. The van der Waals surface area contributed by atoms with Gasteiger partial charge in [-0.05, 0) is 71.6 Å². The van der Waals surface area contributed by atoms with E-state index in [1.54, 1.807) is 24.1 Å². The minimum atomic E-state index is -0.860. The summed E-state index contributed by atoms with van der Waals surface area (Å²) in [6.45, 7) is 4.06. The van der Waals surface area contributed by atoms with Crippen LogP contribution in [0.1, 0.15) is 42.1 Å². The summed E-state index contributed by atoms with van der Waals surface area (Å²) < 4.78 is 5.92. The van der Waals surface area contributed by atoms with Gasteiger partial charge in [0.2, 0.25) is 11.5 Å². The van der Waals surface area contributed by atoms with Crippen LogP contribution in [0.15, 0.2) is 108 Å². The molecule has 2 unspecified atom stereocenters. The van der Waals surface area contributed by atoms with Crippen molar-refractivity contribution in [3.05, 3.63) is 130 Å². The number of likely N-dealkylation sites (tertiary alicyclic amines) is 1. The molecule has 286 valence electrons. The standard InChI is InChI=1S/C44H49N5O6/c1-48(21-20-45-25-40(51)36-15-17-39(50)43-37(36)16-18-41(52)47-43)42(53)19-14-29-8-7-9-30(22-29)26-49-27-32-23-34(24-33(32)28-49)55-44(54)46-38-13-6-5-12-35(38)31-10-3-2-4-11-31/h2-13,15-18,22,32-34,40,45,50-51H,14,19-21,23-28H2,1H3,(H,46,54)(H,47,52)/t32-,33+,34?,40?. The highest BCUT2D eigenvalue weighted by molar-refractivity contribution is 5.91. The third-order valence-corrected chi connectivity index (χ3v) is 11.0. The number of hydrogen-bond acceptors (Lipinski definition) is 8. The molecule has 55 heavy (non-hydrogen) atoms. The van der Waals surface area contributed by atoms with Crippen molar-refractivity contribution >= 4 is 28.6 Å². The molecule has 11 nitrogen and oxygen atoms in total. The zero-order valence-corrected chi connectivity index (χ0v) is 31.1. The number of rotatable bonds is 14. The molecule has 7 rings (SSSR count). The number of phenols is 1. The summed E-state index contributed by atoms with van der Waals surface area (Å²) in [4.78, 5) is 44.4. The number of benzene rings is 4. The number of ether oxygens (including phenoxy) is 1. The van der Waals surface area contributed by atoms with Crippen molar-refractivity contribution in [3.63, 3.8) is 0 Å². The molecule has 4 atom stereocenters. The van der Waals surface area contributed by atoms with Crippen LogP contribution in [0.25, 0.3) is 22.0 Å². The molecular weight excluding hydrogens is 695 g/mol. The lowest BCUT2D eigenvalue weighted by Crippen LogP contribution is -2.35. The third kappa shape index (κ3) is 9.43. The van der Waals surface area contributed by atoms with E-state index in [1.165, 1.54) is 17.7 Å². The highest BCUT2D eigenvalue weighted by Crippen LogP contribution is 2.40. The van der Waals surface area contributed by atoms with E-state index in [9.17, 15) is 24.6 Å². The second-order valence-corrected chi connectivity index (χ2v) is 14.9. The van der Waals surface area contributed by atoms with Crippen LogP contribution >= 0.6 is 0 Å². The van der Waals surface area contributed by atoms with E-state index in [0.29, 0.717) is 54.2 Å². The minimum Gasteiger partial charge on any atom is -0.506 e. The van der Waals surface area contributed by atoms with Gasteiger partial charge in [-0.25, -0.2) is 4.79 Å². The Morgan fingerprint density at radius 1 is 0.927 bits per heavy atom. The van der Waals surface area contributed by atoms with Gasteiger partial charge in [0.15, 0.2) is 0 Å². The van der Waals surface area contributed by atoms with Crippen LogP contribution in [0.2, 0.25) is 0 Å². The van der Waals surface area contributed by atoms with Gasteiger partial charge in [0.1, 0.15) is 11.9 Å². The molecule has 0 bridgehead atoms. The van der Waals surface area contributed by atoms with Gasteiger partial charge >= 0.3 is 6.09 Å². The number of aliphatic hydroxyl groups excluding tert-OH is 1. The number of aliphatic hydroxyl groups is 1. The van der Waals surface area contributed by atoms with Gasteiger partial charge in [0, 0.05) is 69.8 Å². The summed E-state index contributed by atoms with van der Waals surface area (Å²) in [5, 5.41) is 27.7. The van der Waals surface area contributed by atoms with E-state index < -0.39 is 12.2 Å². The highest BCUT2D eigenvalue weighted by atomic mass is 16.6. The van der Waals surface area contributed by atoms with Gasteiger partial charge in [0.05, 0.1) is 17.3 Å². The predicted molar refractivity (Wildman–Crippen MR) is 214 cm³/mol. The molecular formula is C44H49N5O6. The number of fused-ring (bicyclic) bond motifs is 2. The summed E-state index contributed by atoms with van der Waals surface area (Å²) in [5.41, 5.74) is 5.68. The van der Waals surface area contributed by atoms with Gasteiger partial charge in [-0.2, -0.15) is 0 Å². The Balaban J connectivity index is 0.810. The van der Waals surface area contributed by atoms with E-state index in [0.717, 1.165) is 54.9 Å². The lowest BCUT2D eigenvalue weighted by molar-refractivity contribution is -0.129. The van der Waals surface area contributed by atoms with Crippen molar-refractivity contribution in [1.82, 2.24) is 20.1 Å². The van der Waals surface area contributed by atoms with Crippen LogP contribution in [0, 0.1) is 11.8 Å². The molecule has 2 aliphatic rings. The first kappa shape index (κ1) is 37.8. The Bertz CT molecular complexity index is 2160. The maximum Gasteiger partial charge on any atom is 0.411 e. The molecule has 1 aliphatic carbocycles. The van der Waals surface area contributed by atoms with E-state index in [1.807, 2.05) is 54.6 Å². The lowest BCUT2D eigenvalue weighted by Gasteiger charge is -2.20. The molecule has 1 aliphatic heterocycles. The van der Waals surface area contributed by atoms with E-state index in [-0.39, 0.29) is 29.9 Å². The SMILES string of the molecule is CN(CCNCC(O)c1ccc(O)c2[nH]c(=O)ccc12)C(=O)CCc1cccc(CN2C[C@H]3CC(OC(=O)Nc4ccccc4-c4ccccc4)C[C@H]3C2)c1. The summed E-state index contributed by atoms with van der Waals surface area (Å²) in [6, 6.07) is 32.4. The number of nitrogens with one attached hydrogen (secondary N) is 3. The number of aromatic amines is 1. The van der Waals surface area contributed by atoms with Crippen LogP contribution in [0.3, 0.4) is 0 Å². The number of nitrogens with zero attached hydrogens (tertiary/aromatic N) is 2. The van der Waals surface area contributed by atoms with Gasteiger partial charge in [-0.3, -0.25) is 19.8 Å². The van der Waals surface area contributed by atoms with Crippen LogP contribution in [0.4, 0.5) is 10.5 Å². The highest BCUT2D eigenvalue weighted by Gasteiger charge is 2.42. The molecule has 5 N–H and O–H groups in total. The number of carbonyl (C=O) groups excluding carboxylic acids is 2. The van der Waals surface area contributed by atoms with Crippen molar-refractivity contribution < 1.29 is 24.5 Å². The minimum absolute atomic E-state index is 0.0516. The normalized spacial score (nSPS) is 18.5. The number of likely N-dealkylation sites (N-methyl/N-ethyl adjacent to an activating group) is 1. The summed E-state index contributed by atoms with van der Waals surface area (Å²) in [6.07, 6.45) is 1.46. The molecule has 4 aromatic carbocycles. The topological polar surface area (TPSA) is 147 Å². The molecule has 5 aromatic rings. The number of aromatic hydroxyl groups is 1. The Hall–Kier alpha value is -5.49. The summed E-state index contributed by atoms with van der Waals surface area (Å²) >= 11 is 0. The number of para-hydroxylation sites is 1. The van der Waals surface area contributed by atoms with Crippen LogP contribution in [-0.2, 0) is 22.5 Å². The molecule has 11 heteroatoms. The average Bonchev–Trinajstić information content (AvgIpc) is 3.74. The van der Waals surface area contributed by atoms with Crippen LogP contribution in [-0.4, -0.2) is 82.9 Å². The predicted octanol–water partition coefficient (Wildman–Crippen LogP) is 6.07. The fourth-order valence-electron chi connectivity index (χ4n) is 8.17. The first-order valence-corrected chi connectivity index (χ1v) is 19.1. The summed E-state index contributed by atoms with van der Waals surface area (Å²) in [7, 11) is 1.79. The Morgan fingerprint density at radius 2 is 1.67 bits per heavy atom. The molecule has 1 saturated heterocycles. The number of pyridine rings is 1. The fraction of sp³-hybridized carbons (Fsp3) is 0.341. The zero-order valence-electron chi connectivity index (χ0n) is 31.1. The molecule has 1 saturated carbocycles. The van der Waals surface area contributed by atoms with E-state index >= 15 is 0 Å². The molecule has 0 radical (unpaired) electrons. The maximum atomic E-state index is 13.0. The molecule has 0 spiro atoms. The summed E-state index contributed by atoms with van der Waals surface area (Å²) in [5.74, 6) is 1.01.